The molecule has 5 nitrogen and oxygen atoms in total. The molecule has 0 spiro atoms. The smallest absolute Gasteiger partial charge is 0.340 e. The van der Waals surface area contributed by atoms with E-state index >= 15 is 0 Å². The minimum Gasteiger partial charge on any atom is -0.449 e. The number of hydrogen-bond acceptors (Lipinski definition) is 4. The molecular formula is C19H19BrN2O3. The van der Waals surface area contributed by atoms with Crippen molar-refractivity contribution in [2.75, 3.05) is 0 Å². The van der Waals surface area contributed by atoms with E-state index in [-0.39, 0.29) is 11.9 Å². The number of pyridine rings is 1. The zero-order valence-corrected chi connectivity index (χ0v) is 15.5. The van der Waals surface area contributed by atoms with Crippen LogP contribution in [0.5, 0.6) is 0 Å². The second kappa shape index (κ2) is 7.78. The van der Waals surface area contributed by atoms with Crippen LogP contribution in [0.3, 0.4) is 0 Å². The molecule has 1 aliphatic carbocycles. The highest BCUT2D eigenvalue weighted by Crippen LogP contribution is 2.29. The lowest BCUT2D eigenvalue weighted by Gasteiger charge is -2.27. The van der Waals surface area contributed by atoms with Gasteiger partial charge in [0.2, 0.25) is 0 Å². The summed E-state index contributed by atoms with van der Waals surface area (Å²) in [5.41, 5.74) is 2.72. The van der Waals surface area contributed by atoms with Gasteiger partial charge in [-0.2, -0.15) is 0 Å². The molecule has 1 amide bonds. The Hall–Kier alpha value is -2.21. The molecule has 0 saturated heterocycles. The van der Waals surface area contributed by atoms with Gasteiger partial charge >= 0.3 is 5.97 Å². The van der Waals surface area contributed by atoms with Crippen molar-refractivity contribution in [3.63, 3.8) is 0 Å². The Bertz CT molecular complexity index is 794. The van der Waals surface area contributed by atoms with Gasteiger partial charge in [-0.25, -0.2) is 4.79 Å². The zero-order valence-electron chi connectivity index (χ0n) is 13.9. The first-order valence-corrected chi connectivity index (χ1v) is 9.03. The van der Waals surface area contributed by atoms with Crippen LogP contribution in [0.15, 0.2) is 47.2 Å². The van der Waals surface area contributed by atoms with E-state index in [4.69, 9.17) is 4.74 Å². The fourth-order valence-corrected chi connectivity index (χ4v) is 3.36. The van der Waals surface area contributed by atoms with Gasteiger partial charge in [0.1, 0.15) is 0 Å². The van der Waals surface area contributed by atoms with Gasteiger partial charge in [0.05, 0.1) is 11.6 Å². The van der Waals surface area contributed by atoms with Crippen molar-refractivity contribution in [1.29, 1.82) is 0 Å². The number of amides is 1. The number of carbonyl (C=O) groups is 2. The summed E-state index contributed by atoms with van der Waals surface area (Å²) in [7, 11) is 0. The molecule has 2 atom stereocenters. The number of nitrogens with zero attached hydrogens (tertiary/aromatic N) is 1. The molecule has 0 fully saturated rings. The van der Waals surface area contributed by atoms with Crippen molar-refractivity contribution in [3.05, 3.63) is 63.9 Å². The molecule has 130 valence electrons. The van der Waals surface area contributed by atoms with E-state index in [0.717, 1.165) is 24.8 Å². The molecule has 2 aromatic rings. The SMILES string of the molecule is C[C@H](OC(=O)c1cncc(Br)c1)C(=O)N[C@@H]1CCCc2ccccc21. The Labute approximate surface area is 154 Å². The van der Waals surface area contributed by atoms with Crippen molar-refractivity contribution in [2.45, 2.75) is 38.3 Å². The van der Waals surface area contributed by atoms with Crippen LogP contribution >= 0.6 is 15.9 Å². The summed E-state index contributed by atoms with van der Waals surface area (Å²) in [5, 5.41) is 3.00. The highest BCUT2D eigenvalue weighted by atomic mass is 79.9. The molecule has 0 saturated carbocycles. The summed E-state index contributed by atoms with van der Waals surface area (Å²) in [6.45, 7) is 1.58. The first kappa shape index (κ1) is 17.6. The molecule has 1 heterocycles. The van der Waals surface area contributed by atoms with Crippen LogP contribution in [0, 0.1) is 0 Å². The minimum absolute atomic E-state index is 0.0360. The van der Waals surface area contributed by atoms with Crippen LogP contribution < -0.4 is 5.32 Å². The number of halogens is 1. The molecule has 0 unspecified atom stereocenters. The number of nitrogens with one attached hydrogen (secondary N) is 1. The summed E-state index contributed by atoms with van der Waals surface area (Å²) < 4.78 is 5.95. The molecule has 6 heteroatoms. The van der Waals surface area contributed by atoms with Crippen molar-refractivity contribution >= 4 is 27.8 Å². The highest BCUT2D eigenvalue weighted by Gasteiger charge is 2.25. The molecule has 0 radical (unpaired) electrons. The lowest BCUT2D eigenvalue weighted by molar-refractivity contribution is -0.130. The Morgan fingerprint density at radius 1 is 1.32 bits per heavy atom. The summed E-state index contributed by atoms with van der Waals surface area (Å²) in [6, 6.07) is 9.70. The van der Waals surface area contributed by atoms with Crippen LogP contribution in [-0.4, -0.2) is 23.0 Å². The van der Waals surface area contributed by atoms with Gasteiger partial charge in [0.25, 0.3) is 5.91 Å². The van der Waals surface area contributed by atoms with E-state index in [9.17, 15) is 9.59 Å². The Morgan fingerprint density at radius 2 is 2.12 bits per heavy atom. The zero-order chi connectivity index (χ0) is 17.8. The maximum Gasteiger partial charge on any atom is 0.340 e. The molecule has 3 rings (SSSR count). The lowest BCUT2D eigenvalue weighted by Crippen LogP contribution is -2.39. The van der Waals surface area contributed by atoms with Gasteiger partial charge < -0.3 is 10.1 Å². The number of aryl methyl sites for hydroxylation is 1. The summed E-state index contributed by atoms with van der Waals surface area (Å²) >= 11 is 3.26. The van der Waals surface area contributed by atoms with E-state index in [0.29, 0.717) is 10.0 Å². The fourth-order valence-electron chi connectivity index (χ4n) is 3.00. The van der Waals surface area contributed by atoms with Gasteiger partial charge in [-0.05, 0) is 59.3 Å². The summed E-state index contributed by atoms with van der Waals surface area (Å²) in [4.78, 5) is 28.5. The average Bonchev–Trinajstić information content (AvgIpc) is 2.62. The Balaban J connectivity index is 1.63. The largest absolute Gasteiger partial charge is 0.449 e. The van der Waals surface area contributed by atoms with Gasteiger partial charge in [-0.1, -0.05) is 24.3 Å². The molecule has 0 aliphatic heterocycles. The third-order valence-electron chi connectivity index (χ3n) is 4.28. The van der Waals surface area contributed by atoms with Crippen LogP contribution in [0.25, 0.3) is 0 Å². The second-order valence-corrected chi connectivity index (χ2v) is 7.01. The van der Waals surface area contributed by atoms with E-state index in [2.05, 4.69) is 32.3 Å². The van der Waals surface area contributed by atoms with Crippen LogP contribution in [0.2, 0.25) is 0 Å². The molecular weight excluding hydrogens is 384 g/mol. The van der Waals surface area contributed by atoms with E-state index < -0.39 is 12.1 Å². The van der Waals surface area contributed by atoms with Crippen LogP contribution in [0.4, 0.5) is 0 Å². The van der Waals surface area contributed by atoms with Gasteiger partial charge in [-0.3, -0.25) is 9.78 Å². The first-order valence-electron chi connectivity index (χ1n) is 8.24. The average molecular weight is 403 g/mol. The minimum atomic E-state index is -0.874. The number of rotatable bonds is 4. The Kier molecular flexibility index (Phi) is 5.48. The highest BCUT2D eigenvalue weighted by molar-refractivity contribution is 9.10. The third-order valence-corrected chi connectivity index (χ3v) is 4.71. The lowest BCUT2D eigenvalue weighted by atomic mass is 9.87. The predicted molar refractivity (Wildman–Crippen MR) is 97.1 cm³/mol. The number of hydrogen-bond donors (Lipinski definition) is 1. The summed E-state index contributed by atoms with van der Waals surface area (Å²) in [6.07, 6.45) is 5.06. The van der Waals surface area contributed by atoms with Crippen molar-refractivity contribution in [1.82, 2.24) is 10.3 Å². The fraction of sp³-hybridized carbons (Fsp3) is 0.316. The number of benzene rings is 1. The number of esters is 1. The normalized spacial score (nSPS) is 17.3. The van der Waals surface area contributed by atoms with Crippen molar-refractivity contribution in [2.24, 2.45) is 0 Å². The summed E-state index contributed by atoms with van der Waals surface area (Å²) in [5.74, 6) is -0.862. The third kappa shape index (κ3) is 4.25. The first-order chi connectivity index (χ1) is 12.0. The number of aromatic nitrogens is 1. The van der Waals surface area contributed by atoms with Gasteiger partial charge in [0, 0.05) is 16.9 Å². The maximum absolute atomic E-state index is 12.4. The van der Waals surface area contributed by atoms with Crippen molar-refractivity contribution < 1.29 is 14.3 Å². The second-order valence-electron chi connectivity index (χ2n) is 6.09. The van der Waals surface area contributed by atoms with E-state index in [1.165, 1.54) is 11.8 Å². The predicted octanol–water partition coefficient (Wildman–Crippen LogP) is 3.58. The maximum atomic E-state index is 12.4. The molecule has 1 N–H and O–H groups in total. The standard InChI is InChI=1S/C19H19BrN2O3/c1-12(25-19(24)14-9-15(20)11-21-10-14)18(23)22-17-8-4-6-13-5-2-3-7-16(13)17/h2-3,5,7,9-12,17H,4,6,8H2,1H3,(H,22,23)/t12-,17+/m0/s1. The molecule has 1 aliphatic rings. The van der Waals surface area contributed by atoms with E-state index in [1.807, 2.05) is 18.2 Å². The quantitative estimate of drug-likeness (QED) is 0.793. The van der Waals surface area contributed by atoms with Gasteiger partial charge in [-0.15, -0.1) is 0 Å². The molecule has 1 aromatic carbocycles. The number of fused-ring (bicyclic) bond motifs is 1. The monoisotopic (exact) mass is 402 g/mol. The van der Waals surface area contributed by atoms with Crippen LogP contribution in [0.1, 0.15) is 47.3 Å². The van der Waals surface area contributed by atoms with E-state index in [1.54, 1.807) is 19.2 Å². The molecule has 0 bridgehead atoms. The Morgan fingerprint density at radius 3 is 2.92 bits per heavy atom. The van der Waals surface area contributed by atoms with Crippen molar-refractivity contribution in [3.8, 4) is 0 Å². The molecule has 25 heavy (non-hydrogen) atoms. The van der Waals surface area contributed by atoms with Crippen LogP contribution in [-0.2, 0) is 16.0 Å². The topological polar surface area (TPSA) is 68.3 Å². The van der Waals surface area contributed by atoms with Gasteiger partial charge in [0.15, 0.2) is 6.10 Å². The molecule has 1 aromatic heterocycles. The number of ether oxygens (including phenoxy) is 1. The number of carbonyl (C=O) groups excluding carboxylic acids is 2.